The van der Waals surface area contributed by atoms with Gasteiger partial charge in [0.1, 0.15) is 17.8 Å². The van der Waals surface area contributed by atoms with Gasteiger partial charge >= 0.3 is 0 Å². The Morgan fingerprint density at radius 1 is 1.21 bits per heavy atom. The van der Waals surface area contributed by atoms with Crippen LogP contribution in [0.2, 0.25) is 5.02 Å². The standard InChI is InChI=1S/C25H29ClFN5OS/c1-17(16-28)25-30-23(21-5-3-4-6-22(21)26)15-24(31(25)2)29-19-11-13-32(14-12-19)34(33)20-9-7-18(27)8-10-20/h3-10,15-17,19,25,28-29H,11-14H2,1-2H3. The van der Waals surface area contributed by atoms with Gasteiger partial charge in [0.2, 0.25) is 0 Å². The Morgan fingerprint density at radius 2 is 1.88 bits per heavy atom. The molecule has 2 N–H and O–H groups in total. The minimum Gasteiger partial charge on any atom is -0.593 e. The predicted octanol–water partition coefficient (Wildman–Crippen LogP) is 4.44. The van der Waals surface area contributed by atoms with Gasteiger partial charge in [0.15, 0.2) is 4.90 Å². The van der Waals surface area contributed by atoms with E-state index in [1.165, 1.54) is 18.3 Å². The van der Waals surface area contributed by atoms with Crippen LogP contribution in [0.3, 0.4) is 0 Å². The molecule has 0 saturated carbocycles. The van der Waals surface area contributed by atoms with Crippen LogP contribution in [0.5, 0.6) is 0 Å². The van der Waals surface area contributed by atoms with Gasteiger partial charge in [-0.05, 0) is 43.2 Å². The van der Waals surface area contributed by atoms with Crippen LogP contribution in [0.25, 0.3) is 0 Å². The smallest absolute Gasteiger partial charge is 0.174 e. The Hall–Kier alpha value is -2.39. The van der Waals surface area contributed by atoms with E-state index < -0.39 is 11.4 Å². The van der Waals surface area contributed by atoms with Crippen LogP contribution in [-0.2, 0) is 11.4 Å². The van der Waals surface area contributed by atoms with Crippen LogP contribution in [0.1, 0.15) is 25.3 Å². The van der Waals surface area contributed by atoms with Gasteiger partial charge in [-0.25, -0.2) is 4.39 Å². The second-order valence-electron chi connectivity index (χ2n) is 8.62. The van der Waals surface area contributed by atoms with Crippen molar-refractivity contribution in [1.82, 2.24) is 14.5 Å². The number of piperidine rings is 1. The van der Waals surface area contributed by atoms with Crippen LogP contribution in [0, 0.1) is 17.1 Å². The molecular formula is C25H29ClFN5OS. The normalized spacial score (nSPS) is 21.4. The molecule has 2 aromatic rings. The van der Waals surface area contributed by atoms with Crippen molar-refractivity contribution in [2.75, 3.05) is 20.1 Å². The number of nitrogens with zero attached hydrogens (tertiary/aromatic N) is 3. The lowest BCUT2D eigenvalue weighted by Crippen LogP contribution is -2.49. The monoisotopic (exact) mass is 501 g/mol. The van der Waals surface area contributed by atoms with Gasteiger partial charge in [-0.3, -0.25) is 4.99 Å². The first-order chi connectivity index (χ1) is 16.4. The third-order valence-corrected chi connectivity index (χ3v) is 8.10. The number of benzene rings is 2. The quantitative estimate of drug-likeness (QED) is 0.434. The lowest BCUT2D eigenvalue weighted by Gasteiger charge is -2.39. The van der Waals surface area contributed by atoms with Gasteiger partial charge in [0, 0.05) is 55.0 Å². The largest absolute Gasteiger partial charge is 0.593 e. The zero-order chi connectivity index (χ0) is 24.2. The topological polar surface area (TPSA) is 77.8 Å². The molecule has 0 aliphatic carbocycles. The van der Waals surface area contributed by atoms with Gasteiger partial charge in [0.25, 0.3) is 0 Å². The SMILES string of the molecule is CC(C=N)C1N=C(c2ccccc2Cl)C=C(NC2CCN([S+]([O-])c3ccc(F)cc3)CC2)N1C. The summed E-state index contributed by atoms with van der Waals surface area (Å²) in [5.74, 6) is 0.526. The lowest BCUT2D eigenvalue weighted by molar-refractivity contribution is 0.229. The molecule has 3 unspecified atom stereocenters. The number of hydrogen-bond acceptors (Lipinski definition) is 6. The van der Waals surface area contributed by atoms with Crippen LogP contribution in [0.15, 0.2) is 70.3 Å². The number of aliphatic imine (C=N–C) groups is 1. The third-order valence-electron chi connectivity index (χ3n) is 6.26. The summed E-state index contributed by atoms with van der Waals surface area (Å²) >= 11 is 5.16. The highest BCUT2D eigenvalue weighted by molar-refractivity contribution is 7.89. The van der Waals surface area contributed by atoms with Crippen LogP contribution < -0.4 is 5.32 Å². The van der Waals surface area contributed by atoms with E-state index in [0.717, 1.165) is 29.9 Å². The molecule has 2 aliphatic heterocycles. The van der Waals surface area contributed by atoms with E-state index in [2.05, 4.69) is 10.2 Å². The number of rotatable bonds is 7. The Bertz CT molecular complexity index is 1070. The van der Waals surface area contributed by atoms with Gasteiger partial charge in [-0.15, -0.1) is 4.31 Å². The first kappa shape index (κ1) is 24.7. The van der Waals surface area contributed by atoms with E-state index >= 15 is 0 Å². The van der Waals surface area contributed by atoms with E-state index in [9.17, 15) is 8.94 Å². The fourth-order valence-corrected chi connectivity index (χ4v) is 5.67. The molecule has 0 bridgehead atoms. The molecule has 4 rings (SSSR count). The van der Waals surface area contributed by atoms with Gasteiger partial charge in [0.05, 0.1) is 17.1 Å². The van der Waals surface area contributed by atoms with Crippen molar-refractivity contribution in [1.29, 1.82) is 5.41 Å². The maximum Gasteiger partial charge on any atom is 0.174 e. The van der Waals surface area contributed by atoms with Crippen molar-refractivity contribution in [3.8, 4) is 0 Å². The van der Waals surface area contributed by atoms with Crippen molar-refractivity contribution in [2.24, 2.45) is 10.9 Å². The van der Waals surface area contributed by atoms with Gasteiger partial charge in [-0.1, -0.05) is 36.7 Å². The van der Waals surface area contributed by atoms with E-state index in [0.29, 0.717) is 23.0 Å². The molecule has 0 aromatic heterocycles. The highest BCUT2D eigenvalue weighted by atomic mass is 35.5. The first-order valence-electron chi connectivity index (χ1n) is 11.3. The van der Waals surface area contributed by atoms with E-state index in [-0.39, 0.29) is 23.9 Å². The average Bonchev–Trinajstić information content (AvgIpc) is 2.85. The molecule has 180 valence electrons. The van der Waals surface area contributed by atoms with Crippen LogP contribution >= 0.6 is 11.6 Å². The van der Waals surface area contributed by atoms with Gasteiger partial charge in [-0.2, -0.15) is 0 Å². The molecule has 0 radical (unpaired) electrons. The number of halogens is 2. The predicted molar refractivity (Wildman–Crippen MR) is 136 cm³/mol. The maximum absolute atomic E-state index is 13.2. The number of allylic oxidation sites excluding steroid dienone is 1. The Kier molecular flexibility index (Phi) is 7.93. The van der Waals surface area contributed by atoms with Crippen molar-refractivity contribution >= 4 is 34.9 Å². The minimum atomic E-state index is -1.30. The molecular weight excluding hydrogens is 473 g/mol. The summed E-state index contributed by atoms with van der Waals surface area (Å²) in [5, 5.41) is 12.1. The van der Waals surface area contributed by atoms with Crippen LogP contribution in [-0.4, -0.2) is 58.0 Å². The fraction of sp³-hybridized carbons (Fsp3) is 0.360. The molecule has 1 saturated heterocycles. The summed E-state index contributed by atoms with van der Waals surface area (Å²) in [4.78, 5) is 7.58. The molecule has 0 spiro atoms. The molecule has 1 fully saturated rings. The van der Waals surface area contributed by atoms with E-state index in [1.54, 1.807) is 12.1 Å². The summed E-state index contributed by atoms with van der Waals surface area (Å²) in [6.07, 6.45) is 4.85. The molecule has 2 aliphatic rings. The molecule has 3 atom stereocenters. The summed E-state index contributed by atoms with van der Waals surface area (Å²) in [5.41, 5.74) is 1.66. The second kappa shape index (κ2) is 10.9. The summed E-state index contributed by atoms with van der Waals surface area (Å²) in [6.45, 7) is 3.32. The second-order valence-corrected chi connectivity index (χ2v) is 10.5. The highest BCUT2D eigenvalue weighted by Crippen LogP contribution is 2.26. The molecule has 2 heterocycles. The van der Waals surface area contributed by atoms with Crippen molar-refractivity contribution in [2.45, 2.75) is 36.9 Å². The average molecular weight is 502 g/mol. The van der Waals surface area contributed by atoms with Crippen molar-refractivity contribution in [3.05, 3.63) is 76.8 Å². The minimum absolute atomic E-state index is 0.0760. The first-order valence-corrected chi connectivity index (χ1v) is 12.8. The van der Waals surface area contributed by atoms with E-state index in [1.807, 2.05) is 48.6 Å². The number of hydrogen-bond donors (Lipinski definition) is 2. The Balaban J connectivity index is 1.47. The van der Waals surface area contributed by atoms with Crippen LogP contribution in [0.4, 0.5) is 4.39 Å². The molecule has 34 heavy (non-hydrogen) atoms. The Labute approximate surface area is 208 Å². The zero-order valence-corrected chi connectivity index (χ0v) is 20.8. The molecule has 6 nitrogen and oxygen atoms in total. The fourth-order valence-electron chi connectivity index (χ4n) is 4.23. The summed E-state index contributed by atoms with van der Waals surface area (Å²) in [7, 11) is 1.98. The zero-order valence-electron chi connectivity index (χ0n) is 19.2. The van der Waals surface area contributed by atoms with E-state index in [4.69, 9.17) is 22.0 Å². The molecule has 0 amide bonds. The Morgan fingerprint density at radius 3 is 2.53 bits per heavy atom. The lowest BCUT2D eigenvalue weighted by atomic mass is 10.0. The number of nitrogens with one attached hydrogen (secondary N) is 2. The molecule has 9 heteroatoms. The summed E-state index contributed by atoms with van der Waals surface area (Å²) in [6, 6.07) is 13.7. The third kappa shape index (κ3) is 5.46. The molecule has 2 aromatic carbocycles. The highest BCUT2D eigenvalue weighted by Gasteiger charge is 2.32. The van der Waals surface area contributed by atoms with Crippen molar-refractivity contribution in [3.63, 3.8) is 0 Å². The van der Waals surface area contributed by atoms with Crippen molar-refractivity contribution < 1.29 is 8.94 Å². The van der Waals surface area contributed by atoms with Gasteiger partial charge < -0.3 is 20.2 Å². The summed E-state index contributed by atoms with van der Waals surface area (Å²) < 4.78 is 28.0. The maximum atomic E-state index is 13.2.